The van der Waals surface area contributed by atoms with Crippen molar-refractivity contribution in [3.05, 3.63) is 53.6 Å². The fraction of sp³-hybridized carbons (Fsp3) is 0.429. The Hall–Kier alpha value is -2.20. The average Bonchev–Trinajstić information content (AvgIpc) is 2.69. The standard InChI is InChI=1S/C21H28O4/c1-16-7-6-10-19(13-16)25-15-18(22)9-5-4-8-17-11-12-20(23-2)21(14-17)24-3/h6-7,10-14,18,22H,4-5,8-9,15H2,1-3H3/i2D3,4D2,8D2. The predicted octanol–water partition coefficient (Wildman–Crippen LogP) is 4.16. The zero-order valence-corrected chi connectivity index (χ0v) is 14.4. The highest BCUT2D eigenvalue weighted by molar-refractivity contribution is 5.42. The molecule has 0 fully saturated rings. The second kappa shape index (κ2) is 9.94. The van der Waals surface area contributed by atoms with E-state index in [1.165, 1.54) is 25.3 Å². The molecule has 0 aliphatic rings. The molecule has 1 unspecified atom stereocenters. The first kappa shape index (κ1) is 11.4. The summed E-state index contributed by atoms with van der Waals surface area (Å²) in [6, 6.07) is 11.0. The fourth-order valence-electron chi connectivity index (χ4n) is 2.21. The third-order valence-electron chi connectivity index (χ3n) is 3.54. The van der Waals surface area contributed by atoms with Crippen LogP contribution in [0.4, 0.5) is 0 Å². The molecule has 0 saturated carbocycles. The zero-order chi connectivity index (χ0) is 24.2. The molecule has 4 nitrogen and oxygen atoms in total. The van der Waals surface area contributed by atoms with Gasteiger partial charge in [0.15, 0.2) is 11.5 Å². The zero-order valence-electron chi connectivity index (χ0n) is 21.4. The lowest BCUT2D eigenvalue weighted by Crippen LogP contribution is -2.17. The van der Waals surface area contributed by atoms with Gasteiger partial charge in [0.25, 0.3) is 0 Å². The Kier molecular flexibility index (Phi) is 4.54. The van der Waals surface area contributed by atoms with Gasteiger partial charge in [0.1, 0.15) is 12.4 Å². The van der Waals surface area contributed by atoms with Crippen molar-refractivity contribution < 1.29 is 28.9 Å². The monoisotopic (exact) mass is 351 g/mol. The maximum absolute atomic E-state index is 10.2. The van der Waals surface area contributed by atoms with E-state index in [9.17, 15) is 5.11 Å². The van der Waals surface area contributed by atoms with Gasteiger partial charge in [0.2, 0.25) is 0 Å². The van der Waals surface area contributed by atoms with Crippen molar-refractivity contribution in [1.82, 2.24) is 0 Å². The van der Waals surface area contributed by atoms with Gasteiger partial charge in [0.05, 0.1) is 24.4 Å². The maximum Gasteiger partial charge on any atom is 0.160 e. The molecular formula is C21H28O4. The van der Waals surface area contributed by atoms with Crippen molar-refractivity contribution >= 4 is 0 Å². The Morgan fingerprint density at radius 3 is 2.80 bits per heavy atom. The maximum atomic E-state index is 10.2. The van der Waals surface area contributed by atoms with E-state index in [4.69, 9.17) is 23.8 Å². The van der Waals surface area contributed by atoms with Crippen LogP contribution in [0.1, 0.15) is 39.9 Å². The largest absolute Gasteiger partial charge is 0.493 e. The lowest BCUT2D eigenvalue weighted by molar-refractivity contribution is 0.0976. The molecular weight excluding hydrogens is 316 g/mol. The van der Waals surface area contributed by atoms with Crippen LogP contribution in [0.2, 0.25) is 0 Å². The number of hydrogen-bond acceptors (Lipinski definition) is 4. The number of methoxy groups -OCH3 is 2. The van der Waals surface area contributed by atoms with Gasteiger partial charge in [-0.2, -0.15) is 0 Å². The number of ether oxygens (including phenoxy) is 3. The van der Waals surface area contributed by atoms with Crippen molar-refractivity contribution in [3.8, 4) is 17.2 Å². The van der Waals surface area contributed by atoms with Crippen LogP contribution in [0.25, 0.3) is 0 Å². The summed E-state index contributed by atoms with van der Waals surface area (Å²) in [7, 11) is -1.43. The van der Waals surface area contributed by atoms with E-state index in [2.05, 4.69) is 0 Å². The summed E-state index contributed by atoms with van der Waals surface area (Å²) in [4.78, 5) is 0. The summed E-state index contributed by atoms with van der Waals surface area (Å²) in [6.45, 7) is 1.87. The van der Waals surface area contributed by atoms with Gasteiger partial charge in [-0.05, 0) is 61.5 Å². The highest BCUT2D eigenvalue weighted by Crippen LogP contribution is 2.28. The summed E-state index contributed by atoms with van der Waals surface area (Å²) >= 11 is 0. The van der Waals surface area contributed by atoms with E-state index < -0.39 is 25.9 Å². The quantitative estimate of drug-likeness (QED) is 0.698. The number of benzene rings is 2. The van der Waals surface area contributed by atoms with E-state index in [0.717, 1.165) is 5.56 Å². The van der Waals surface area contributed by atoms with E-state index >= 15 is 0 Å². The highest BCUT2D eigenvalue weighted by atomic mass is 16.5. The summed E-state index contributed by atoms with van der Waals surface area (Å²) in [5.41, 5.74) is 0.968. The Balaban J connectivity index is 2.06. The van der Waals surface area contributed by atoms with Crippen LogP contribution in [0.5, 0.6) is 17.2 Å². The number of aliphatic hydroxyl groups is 1. The molecule has 0 aliphatic heterocycles. The average molecular weight is 351 g/mol. The first-order valence-electron chi connectivity index (χ1n) is 11.5. The van der Waals surface area contributed by atoms with E-state index in [0.29, 0.717) is 5.75 Å². The number of rotatable bonds is 10. The molecule has 0 spiro atoms. The Morgan fingerprint density at radius 2 is 2.04 bits per heavy atom. The molecule has 0 saturated heterocycles. The molecule has 0 amide bonds. The molecule has 136 valence electrons. The first-order chi connectivity index (χ1) is 14.7. The SMILES string of the molecule is [2H]C([2H])([2H])Oc1ccc(C([2H])([2H])C([2H])([2H])CCC(O)COc2cccc(C)c2)cc1OC. The molecule has 0 radical (unpaired) electrons. The second-order valence-corrected chi connectivity index (χ2v) is 5.59. The normalized spacial score (nSPS) is 17.6. The predicted molar refractivity (Wildman–Crippen MR) is 99.8 cm³/mol. The topological polar surface area (TPSA) is 47.9 Å². The van der Waals surface area contributed by atoms with Crippen molar-refractivity contribution in [2.75, 3.05) is 20.8 Å². The molecule has 4 heteroatoms. The van der Waals surface area contributed by atoms with Crippen LogP contribution in [0, 0.1) is 6.92 Å². The van der Waals surface area contributed by atoms with Gasteiger partial charge in [0, 0.05) is 5.48 Å². The molecule has 2 rings (SSSR count). The van der Waals surface area contributed by atoms with Gasteiger partial charge in [-0.25, -0.2) is 0 Å². The van der Waals surface area contributed by atoms with Crippen LogP contribution in [-0.2, 0) is 6.37 Å². The van der Waals surface area contributed by atoms with Gasteiger partial charge < -0.3 is 19.3 Å². The summed E-state index contributed by atoms with van der Waals surface area (Å²) < 4.78 is 70.4. The number of aryl methyl sites for hydroxylation is 2. The molecule has 2 aromatic carbocycles. The Bertz CT molecular complexity index is 900. The first-order valence-corrected chi connectivity index (χ1v) is 8.00. The molecule has 25 heavy (non-hydrogen) atoms. The lowest BCUT2D eigenvalue weighted by Gasteiger charge is -2.13. The summed E-state index contributed by atoms with van der Waals surface area (Å²) in [6.07, 6.45) is -6.06. The third kappa shape index (κ3) is 6.31. The fourth-order valence-corrected chi connectivity index (χ4v) is 2.21. The molecule has 1 N–H and O–H groups in total. The van der Waals surface area contributed by atoms with Gasteiger partial charge >= 0.3 is 0 Å². The minimum absolute atomic E-state index is 0.0182. The third-order valence-corrected chi connectivity index (χ3v) is 3.54. The van der Waals surface area contributed by atoms with Crippen molar-refractivity contribution in [1.29, 1.82) is 0 Å². The van der Waals surface area contributed by atoms with Crippen LogP contribution in [0.15, 0.2) is 42.5 Å². The molecule has 0 heterocycles. The summed E-state index contributed by atoms with van der Waals surface area (Å²) in [5.74, 6) is 0.468. The Morgan fingerprint density at radius 1 is 1.16 bits per heavy atom. The lowest BCUT2D eigenvalue weighted by atomic mass is 10.0. The van der Waals surface area contributed by atoms with Crippen LogP contribution < -0.4 is 14.2 Å². The van der Waals surface area contributed by atoms with Crippen molar-refractivity contribution in [2.24, 2.45) is 0 Å². The van der Waals surface area contributed by atoms with Crippen molar-refractivity contribution in [2.45, 2.75) is 38.6 Å². The minimum atomic E-state index is -2.71. The van der Waals surface area contributed by atoms with E-state index in [-0.39, 0.29) is 36.5 Å². The number of hydrogen-bond donors (Lipinski definition) is 1. The molecule has 2 aromatic rings. The second-order valence-electron chi connectivity index (χ2n) is 5.59. The van der Waals surface area contributed by atoms with E-state index in [1.807, 2.05) is 25.1 Å². The van der Waals surface area contributed by atoms with Crippen LogP contribution >= 0.6 is 0 Å². The molecule has 0 bridgehead atoms. The minimum Gasteiger partial charge on any atom is -0.493 e. The van der Waals surface area contributed by atoms with E-state index in [1.54, 1.807) is 6.07 Å². The summed E-state index contributed by atoms with van der Waals surface area (Å²) in [5, 5.41) is 10.2. The van der Waals surface area contributed by atoms with Gasteiger partial charge in [-0.15, -0.1) is 0 Å². The molecule has 0 aromatic heterocycles. The molecule has 0 aliphatic carbocycles. The number of aliphatic hydroxyl groups excluding tert-OH is 1. The van der Waals surface area contributed by atoms with Crippen LogP contribution in [0.3, 0.4) is 0 Å². The smallest absolute Gasteiger partial charge is 0.160 e. The van der Waals surface area contributed by atoms with Gasteiger partial charge in [-0.3, -0.25) is 0 Å². The van der Waals surface area contributed by atoms with Crippen LogP contribution in [-0.4, -0.2) is 32.0 Å². The van der Waals surface area contributed by atoms with Crippen molar-refractivity contribution in [3.63, 3.8) is 0 Å². The van der Waals surface area contributed by atoms with Gasteiger partial charge in [-0.1, -0.05) is 24.6 Å². The highest BCUT2D eigenvalue weighted by Gasteiger charge is 2.07. The molecule has 1 atom stereocenters. The Labute approximate surface area is 160 Å².